The van der Waals surface area contributed by atoms with E-state index >= 15 is 0 Å². The predicted molar refractivity (Wildman–Crippen MR) is 79.8 cm³/mol. The molecule has 0 aliphatic carbocycles. The van der Waals surface area contributed by atoms with Crippen LogP contribution in [0.15, 0.2) is 17.5 Å². The molecular formula is C15H22N2O2S. The number of carbonyl (C=O) groups is 1. The van der Waals surface area contributed by atoms with Gasteiger partial charge in [-0.05, 0) is 42.2 Å². The minimum Gasteiger partial charge on any atom is -0.381 e. The lowest BCUT2D eigenvalue weighted by molar-refractivity contribution is -0.124. The highest BCUT2D eigenvalue weighted by Gasteiger charge is 2.37. The number of nitrogens with one attached hydrogen (secondary N) is 2. The highest BCUT2D eigenvalue weighted by molar-refractivity contribution is 7.09. The average molecular weight is 294 g/mol. The molecule has 20 heavy (non-hydrogen) atoms. The molecule has 5 heteroatoms. The molecule has 0 saturated carbocycles. The van der Waals surface area contributed by atoms with Crippen molar-refractivity contribution in [3.63, 3.8) is 0 Å². The van der Waals surface area contributed by atoms with Crippen LogP contribution >= 0.6 is 11.3 Å². The molecule has 4 nitrogen and oxygen atoms in total. The number of fused-ring (bicyclic) bond motifs is 1. The lowest BCUT2D eigenvalue weighted by Gasteiger charge is -2.32. The monoisotopic (exact) mass is 294 g/mol. The third kappa shape index (κ3) is 3.40. The van der Waals surface area contributed by atoms with E-state index in [9.17, 15) is 4.79 Å². The first-order valence-corrected chi connectivity index (χ1v) is 8.28. The summed E-state index contributed by atoms with van der Waals surface area (Å²) < 4.78 is 5.64. The highest BCUT2D eigenvalue weighted by Crippen LogP contribution is 2.31. The van der Waals surface area contributed by atoms with Crippen LogP contribution in [0.4, 0.5) is 0 Å². The fraction of sp³-hybridized carbons (Fsp3) is 0.667. The van der Waals surface area contributed by atoms with E-state index in [4.69, 9.17) is 4.74 Å². The topological polar surface area (TPSA) is 50.4 Å². The van der Waals surface area contributed by atoms with Gasteiger partial charge >= 0.3 is 0 Å². The Hall–Kier alpha value is -0.910. The number of ether oxygens (including phenoxy) is 1. The van der Waals surface area contributed by atoms with Crippen LogP contribution < -0.4 is 10.6 Å². The SMILES string of the molecule is O=C(C[C@@H]1COC[C@H]2CNC[C@H]21)NCCc1cccs1. The van der Waals surface area contributed by atoms with Crippen LogP contribution in [-0.4, -0.2) is 38.8 Å². The minimum absolute atomic E-state index is 0.169. The van der Waals surface area contributed by atoms with Crippen molar-refractivity contribution in [2.75, 3.05) is 32.8 Å². The van der Waals surface area contributed by atoms with Crippen LogP contribution in [0.5, 0.6) is 0 Å². The van der Waals surface area contributed by atoms with Gasteiger partial charge in [0.05, 0.1) is 13.2 Å². The molecule has 3 atom stereocenters. The Morgan fingerprint density at radius 1 is 1.45 bits per heavy atom. The Kier molecular flexibility index (Phi) is 4.70. The van der Waals surface area contributed by atoms with Crippen molar-refractivity contribution in [1.29, 1.82) is 0 Å². The maximum atomic E-state index is 12.0. The summed E-state index contributed by atoms with van der Waals surface area (Å²) in [5.41, 5.74) is 0. The third-order valence-electron chi connectivity index (χ3n) is 4.38. The molecule has 0 aromatic carbocycles. The van der Waals surface area contributed by atoms with Crippen LogP contribution in [0.1, 0.15) is 11.3 Å². The van der Waals surface area contributed by atoms with Crippen molar-refractivity contribution in [2.45, 2.75) is 12.8 Å². The molecule has 0 bridgehead atoms. The smallest absolute Gasteiger partial charge is 0.220 e. The zero-order chi connectivity index (χ0) is 13.8. The van der Waals surface area contributed by atoms with E-state index in [1.165, 1.54) is 4.88 Å². The van der Waals surface area contributed by atoms with E-state index in [0.29, 0.717) is 24.2 Å². The van der Waals surface area contributed by atoms with Gasteiger partial charge < -0.3 is 15.4 Å². The molecule has 0 radical (unpaired) electrons. The van der Waals surface area contributed by atoms with Gasteiger partial charge in [-0.2, -0.15) is 0 Å². The summed E-state index contributed by atoms with van der Waals surface area (Å²) in [6.45, 7) is 4.41. The summed E-state index contributed by atoms with van der Waals surface area (Å²) in [5, 5.41) is 8.53. The second-order valence-electron chi connectivity index (χ2n) is 5.76. The molecule has 1 amide bonds. The van der Waals surface area contributed by atoms with E-state index in [2.05, 4.69) is 28.1 Å². The second-order valence-corrected chi connectivity index (χ2v) is 6.80. The normalized spacial score (nSPS) is 29.1. The van der Waals surface area contributed by atoms with Crippen molar-refractivity contribution >= 4 is 17.2 Å². The third-order valence-corrected chi connectivity index (χ3v) is 5.32. The standard InChI is InChI=1S/C15H22N2O2S/c18-15(17-4-3-13-2-1-5-20-13)6-11-9-19-10-12-7-16-8-14(11)12/h1-2,5,11-12,14,16H,3-4,6-10H2,(H,17,18)/t11-,12-,14+/m1/s1. The zero-order valence-corrected chi connectivity index (χ0v) is 12.5. The van der Waals surface area contributed by atoms with Crippen molar-refractivity contribution in [1.82, 2.24) is 10.6 Å². The van der Waals surface area contributed by atoms with Gasteiger partial charge in [0, 0.05) is 24.4 Å². The molecule has 2 aliphatic rings. The largest absolute Gasteiger partial charge is 0.381 e. The second kappa shape index (κ2) is 6.70. The number of hydrogen-bond acceptors (Lipinski definition) is 4. The van der Waals surface area contributed by atoms with Crippen LogP contribution in [0.3, 0.4) is 0 Å². The fourth-order valence-corrected chi connectivity index (χ4v) is 3.99. The van der Waals surface area contributed by atoms with Crippen LogP contribution in [-0.2, 0) is 16.0 Å². The predicted octanol–water partition coefficient (Wildman–Crippen LogP) is 1.28. The van der Waals surface area contributed by atoms with Crippen molar-refractivity contribution in [3.8, 4) is 0 Å². The van der Waals surface area contributed by atoms with Gasteiger partial charge in [0.25, 0.3) is 0 Å². The summed E-state index contributed by atoms with van der Waals surface area (Å²) in [6, 6.07) is 4.16. The molecule has 1 aromatic rings. The summed E-state index contributed by atoms with van der Waals surface area (Å²) in [7, 11) is 0. The van der Waals surface area contributed by atoms with Crippen molar-refractivity contribution < 1.29 is 9.53 Å². The Morgan fingerprint density at radius 3 is 3.25 bits per heavy atom. The number of carbonyl (C=O) groups excluding carboxylic acids is 1. The molecule has 1 aromatic heterocycles. The first kappa shape index (κ1) is 14.0. The summed E-state index contributed by atoms with van der Waals surface area (Å²) >= 11 is 1.74. The van der Waals surface area contributed by atoms with Gasteiger partial charge in [-0.1, -0.05) is 6.07 Å². The Morgan fingerprint density at radius 2 is 2.40 bits per heavy atom. The van der Waals surface area contributed by atoms with Gasteiger partial charge in [-0.25, -0.2) is 0 Å². The molecule has 110 valence electrons. The zero-order valence-electron chi connectivity index (χ0n) is 11.6. The summed E-state index contributed by atoms with van der Waals surface area (Å²) in [5.74, 6) is 1.77. The van der Waals surface area contributed by atoms with E-state index < -0.39 is 0 Å². The van der Waals surface area contributed by atoms with E-state index in [-0.39, 0.29) is 5.91 Å². The molecule has 3 heterocycles. The lowest BCUT2D eigenvalue weighted by Crippen LogP contribution is -2.38. The highest BCUT2D eigenvalue weighted by atomic mass is 32.1. The van der Waals surface area contributed by atoms with Gasteiger partial charge in [0.15, 0.2) is 0 Å². The van der Waals surface area contributed by atoms with E-state index in [1.807, 2.05) is 0 Å². The first-order valence-electron chi connectivity index (χ1n) is 7.40. The molecule has 0 unspecified atom stereocenters. The van der Waals surface area contributed by atoms with Crippen LogP contribution in [0.25, 0.3) is 0 Å². The average Bonchev–Trinajstić information content (AvgIpc) is 3.09. The van der Waals surface area contributed by atoms with Crippen LogP contribution in [0.2, 0.25) is 0 Å². The molecule has 3 rings (SSSR count). The number of amides is 1. The number of hydrogen-bond donors (Lipinski definition) is 2. The number of rotatable bonds is 5. The maximum Gasteiger partial charge on any atom is 0.220 e. The van der Waals surface area contributed by atoms with E-state index in [1.54, 1.807) is 11.3 Å². The lowest BCUT2D eigenvalue weighted by atomic mass is 9.81. The molecule has 2 fully saturated rings. The van der Waals surface area contributed by atoms with E-state index in [0.717, 1.165) is 39.3 Å². The molecule has 2 saturated heterocycles. The molecular weight excluding hydrogens is 272 g/mol. The minimum atomic E-state index is 0.169. The van der Waals surface area contributed by atoms with Crippen LogP contribution in [0, 0.1) is 17.8 Å². The van der Waals surface area contributed by atoms with Gasteiger partial charge in [-0.3, -0.25) is 4.79 Å². The van der Waals surface area contributed by atoms with Gasteiger partial charge in [0.2, 0.25) is 5.91 Å². The number of thiophene rings is 1. The molecule has 0 spiro atoms. The van der Waals surface area contributed by atoms with Gasteiger partial charge in [-0.15, -0.1) is 11.3 Å². The Labute approximate surface area is 123 Å². The summed E-state index contributed by atoms with van der Waals surface area (Å²) in [4.78, 5) is 13.4. The molecule has 2 N–H and O–H groups in total. The molecule has 2 aliphatic heterocycles. The van der Waals surface area contributed by atoms with Crippen molar-refractivity contribution in [3.05, 3.63) is 22.4 Å². The fourth-order valence-electron chi connectivity index (χ4n) is 3.28. The quantitative estimate of drug-likeness (QED) is 0.860. The summed E-state index contributed by atoms with van der Waals surface area (Å²) in [6.07, 6.45) is 1.53. The Bertz CT molecular complexity index is 435. The maximum absolute atomic E-state index is 12.0. The first-order chi connectivity index (χ1) is 9.83. The van der Waals surface area contributed by atoms with Crippen molar-refractivity contribution in [2.24, 2.45) is 17.8 Å². The Balaban J connectivity index is 1.41. The van der Waals surface area contributed by atoms with Gasteiger partial charge in [0.1, 0.15) is 0 Å².